The summed E-state index contributed by atoms with van der Waals surface area (Å²) in [7, 11) is 0. The first-order chi connectivity index (χ1) is 14.1. The normalized spacial score (nSPS) is 37.2. The van der Waals surface area contributed by atoms with E-state index < -0.39 is 12.5 Å². The second-order valence-electron chi connectivity index (χ2n) is 9.67. The lowest BCUT2D eigenvalue weighted by Crippen LogP contribution is -2.47. The SMILES string of the molecule is O=C([C@@H]1C[C@H]2C=C[C@H]1C21CC1)N1CCC([C@@H]2C[C@H](C(F)F)n3ncnc3N2)CC1. The van der Waals surface area contributed by atoms with Gasteiger partial charge in [0, 0.05) is 25.0 Å². The van der Waals surface area contributed by atoms with Gasteiger partial charge in [-0.25, -0.2) is 13.5 Å². The first-order valence-electron chi connectivity index (χ1n) is 11.0. The smallest absolute Gasteiger partial charge is 0.260 e. The molecular weight excluding hydrogens is 376 g/mol. The molecule has 0 radical (unpaired) electrons. The van der Waals surface area contributed by atoms with Crippen LogP contribution in [0.5, 0.6) is 0 Å². The summed E-state index contributed by atoms with van der Waals surface area (Å²) in [5.74, 6) is 2.28. The van der Waals surface area contributed by atoms with Gasteiger partial charge in [0.1, 0.15) is 12.4 Å². The highest BCUT2D eigenvalue weighted by molar-refractivity contribution is 5.80. The molecule has 156 valence electrons. The predicted molar refractivity (Wildman–Crippen MR) is 102 cm³/mol. The van der Waals surface area contributed by atoms with Gasteiger partial charge in [0.15, 0.2) is 0 Å². The molecule has 3 aliphatic carbocycles. The van der Waals surface area contributed by atoms with Crippen molar-refractivity contribution in [3.05, 3.63) is 18.5 Å². The molecule has 3 fully saturated rings. The van der Waals surface area contributed by atoms with Crippen molar-refractivity contribution >= 4 is 11.9 Å². The van der Waals surface area contributed by atoms with Gasteiger partial charge in [-0.15, -0.1) is 0 Å². The zero-order valence-corrected chi connectivity index (χ0v) is 16.4. The minimum Gasteiger partial charge on any atom is -0.351 e. The summed E-state index contributed by atoms with van der Waals surface area (Å²) in [4.78, 5) is 19.4. The molecule has 29 heavy (non-hydrogen) atoms. The Hall–Kier alpha value is -1.99. The van der Waals surface area contributed by atoms with E-state index in [9.17, 15) is 13.6 Å². The third-order valence-corrected chi connectivity index (χ3v) is 8.45. The summed E-state index contributed by atoms with van der Waals surface area (Å²) in [6, 6.07) is -0.961. The summed E-state index contributed by atoms with van der Waals surface area (Å²) < 4.78 is 28.4. The Morgan fingerprint density at radius 3 is 2.69 bits per heavy atom. The van der Waals surface area contributed by atoms with E-state index >= 15 is 0 Å². The molecule has 2 aliphatic heterocycles. The van der Waals surface area contributed by atoms with Crippen LogP contribution in [0.4, 0.5) is 14.7 Å². The number of amides is 1. The van der Waals surface area contributed by atoms with E-state index in [0.29, 0.717) is 35.5 Å². The van der Waals surface area contributed by atoms with Crippen LogP contribution in [0.1, 0.15) is 44.6 Å². The van der Waals surface area contributed by atoms with Crippen LogP contribution in [0.25, 0.3) is 0 Å². The summed E-state index contributed by atoms with van der Waals surface area (Å²) in [6.45, 7) is 1.47. The van der Waals surface area contributed by atoms with Crippen molar-refractivity contribution < 1.29 is 13.6 Å². The Kier molecular flexibility index (Phi) is 3.84. The number of nitrogens with zero attached hydrogens (tertiary/aromatic N) is 4. The molecule has 5 atom stereocenters. The number of hydrogen-bond donors (Lipinski definition) is 1. The van der Waals surface area contributed by atoms with Crippen LogP contribution in [-0.4, -0.2) is 51.1 Å². The Morgan fingerprint density at radius 1 is 1.21 bits per heavy atom. The van der Waals surface area contributed by atoms with Crippen LogP contribution in [0, 0.1) is 29.1 Å². The lowest BCUT2D eigenvalue weighted by atomic mass is 9.83. The van der Waals surface area contributed by atoms with E-state index in [1.54, 1.807) is 0 Å². The number of aromatic nitrogens is 3. The standard InChI is InChI=1S/C21H27F2N5O/c22-18(23)17-10-16(26-20-24-11-25-28(17)20)12-3-7-27(8-4-12)19(29)14-9-13-1-2-15(14)21(13)5-6-21/h1-2,11-18H,3-10H2,(H,24,25,26)/t13-,14-,15-,16+,17-/m1/s1. The Bertz CT molecular complexity index is 842. The van der Waals surface area contributed by atoms with Crippen molar-refractivity contribution in [2.75, 3.05) is 18.4 Å². The van der Waals surface area contributed by atoms with Gasteiger partial charge in [-0.2, -0.15) is 10.1 Å². The second kappa shape index (κ2) is 6.25. The van der Waals surface area contributed by atoms with E-state index in [1.165, 1.54) is 23.9 Å². The van der Waals surface area contributed by atoms with Crippen molar-refractivity contribution in [2.45, 2.75) is 57.0 Å². The molecule has 0 unspecified atom stereocenters. The highest BCUT2D eigenvalue weighted by atomic mass is 19.3. The molecule has 1 aromatic heterocycles. The number of alkyl halides is 2. The van der Waals surface area contributed by atoms with Gasteiger partial charge in [0.2, 0.25) is 11.9 Å². The summed E-state index contributed by atoms with van der Waals surface area (Å²) in [5, 5.41) is 7.27. The summed E-state index contributed by atoms with van der Waals surface area (Å²) in [5.41, 5.74) is 0.435. The van der Waals surface area contributed by atoms with Crippen LogP contribution in [-0.2, 0) is 4.79 Å². The van der Waals surface area contributed by atoms with Crippen molar-refractivity contribution in [3.8, 4) is 0 Å². The average Bonchev–Trinajstić information content (AvgIpc) is 3.15. The number of carbonyl (C=O) groups excluding carboxylic acids is 1. The fourth-order valence-corrected chi connectivity index (χ4v) is 6.71. The molecule has 5 aliphatic rings. The maximum atomic E-state index is 13.5. The van der Waals surface area contributed by atoms with Gasteiger partial charge in [-0.05, 0) is 61.7 Å². The molecule has 1 aromatic rings. The summed E-state index contributed by atoms with van der Waals surface area (Å²) in [6.07, 6.45) is 9.19. The number of anilines is 1. The zero-order chi connectivity index (χ0) is 19.8. The van der Waals surface area contributed by atoms with Crippen LogP contribution < -0.4 is 5.32 Å². The maximum Gasteiger partial charge on any atom is 0.260 e. The fraction of sp³-hybridized carbons (Fsp3) is 0.762. The molecular formula is C21H27F2N5O. The van der Waals surface area contributed by atoms with Crippen molar-refractivity contribution in [2.24, 2.45) is 29.1 Å². The van der Waals surface area contributed by atoms with Crippen molar-refractivity contribution in [3.63, 3.8) is 0 Å². The summed E-state index contributed by atoms with van der Waals surface area (Å²) >= 11 is 0. The lowest BCUT2D eigenvalue weighted by molar-refractivity contribution is -0.138. The number of halogens is 2. The Labute approximate surface area is 168 Å². The van der Waals surface area contributed by atoms with Crippen LogP contribution in [0.15, 0.2) is 18.5 Å². The van der Waals surface area contributed by atoms with Gasteiger partial charge >= 0.3 is 0 Å². The average molecular weight is 403 g/mol. The van der Waals surface area contributed by atoms with E-state index in [-0.39, 0.29) is 17.9 Å². The topological polar surface area (TPSA) is 63.1 Å². The molecule has 0 aromatic carbocycles. The molecule has 3 heterocycles. The van der Waals surface area contributed by atoms with E-state index in [1.807, 2.05) is 4.90 Å². The highest BCUT2D eigenvalue weighted by Crippen LogP contribution is 2.70. The molecule has 1 N–H and O–H groups in total. The number of fused-ring (bicyclic) bond motifs is 1. The first-order valence-corrected chi connectivity index (χ1v) is 11.0. The minimum absolute atomic E-state index is 0.0388. The molecule has 2 bridgehead atoms. The van der Waals surface area contributed by atoms with Crippen molar-refractivity contribution in [1.29, 1.82) is 0 Å². The van der Waals surface area contributed by atoms with Crippen LogP contribution in [0.2, 0.25) is 0 Å². The molecule has 1 saturated heterocycles. The zero-order valence-electron chi connectivity index (χ0n) is 16.4. The molecule has 6 nitrogen and oxygen atoms in total. The Morgan fingerprint density at radius 2 is 2.00 bits per heavy atom. The number of hydrogen-bond acceptors (Lipinski definition) is 4. The van der Waals surface area contributed by atoms with Gasteiger partial charge in [-0.3, -0.25) is 4.79 Å². The third-order valence-electron chi connectivity index (χ3n) is 8.45. The van der Waals surface area contributed by atoms with E-state index in [0.717, 1.165) is 32.4 Å². The van der Waals surface area contributed by atoms with Gasteiger partial charge < -0.3 is 10.2 Å². The number of piperidine rings is 1. The van der Waals surface area contributed by atoms with Gasteiger partial charge in [0.25, 0.3) is 6.43 Å². The van der Waals surface area contributed by atoms with Gasteiger partial charge in [-0.1, -0.05) is 12.2 Å². The second-order valence-corrected chi connectivity index (χ2v) is 9.67. The molecule has 1 spiro atoms. The first kappa shape index (κ1) is 17.8. The molecule has 1 amide bonds. The fourth-order valence-electron chi connectivity index (χ4n) is 6.71. The number of rotatable bonds is 3. The monoisotopic (exact) mass is 403 g/mol. The number of nitrogens with one attached hydrogen (secondary N) is 1. The highest BCUT2D eigenvalue weighted by Gasteiger charge is 2.64. The number of carbonyl (C=O) groups is 1. The number of likely N-dealkylation sites (tertiary alicyclic amines) is 1. The van der Waals surface area contributed by atoms with Crippen molar-refractivity contribution in [1.82, 2.24) is 19.7 Å². The molecule has 8 heteroatoms. The largest absolute Gasteiger partial charge is 0.351 e. The quantitative estimate of drug-likeness (QED) is 0.788. The Balaban J connectivity index is 1.10. The third kappa shape index (κ3) is 2.60. The van der Waals surface area contributed by atoms with E-state index in [4.69, 9.17) is 0 Å². The maximum absolute atomic E-state index is 13.5. The molecule has 2 saturated carbocycles. The number of allylic oxidation sites excluding steroid dienone is 2. The minimum atomic E-state index is -2.46. The van der Waals surface area contributed by atoms with Crippen LogP contribution in [0.3, 0.4) is 0 Å². The van der Waals surface area contributed by atoms with E-state index in [2.05, 4.69) is 27.6 Å². The molecule has 6 rings (SSSR count). The lowest BCUT2D eigenvalue weighted by Gasteiger charge is -2.40. The van der Waals surface area contributed by atoms with Gasteiger partial charge in [0.05, 0.1) is 0 Å². The van der Waals surface area contributed by atoms with Crippen LogP contribution >= 0.6 is 0 Å². The predicted octanol–water partition coefficient (Wildman–Crippen LogP) is 3.11.